The SMILES string of the molecule is O=C(O)c1cccc(Oc2c([N+](=O)[O-])ccc(F)c2F)c1. The molecule has 0 aliphatic carbocycles. The average molecular weight is 295 g/mol. The molecule has 0 bridgehead atoms. The van der Waals surface area contributed by atoms with Crippen molar-refractivity contribution in [2.75, 3.05) is 0 Å². The summed E-state index contributed by atoms with van der Waals surface area (Å²) in [5, 5.41) is 19.6. The van der Waals surface area contributed by atoms with E-state index in [4.69, 9.17) is 9.84 Å². The van der Waals surface area contributed by atoms with Crippen LogP contribution in [0.4, 0.5) is 14.5 Å². The number of nitro benzene ring substituents is 1. The Hall–Kier alpha value is -3.03. The summed E-state index contributed by atoms with van der Waals surface area (Å²) < 4.78 is 31.8. The molecule has 2 rings (SSSR count). The van der Waals surface area contributed by atoms with Gasteiger partial charge in [-0.25, -0.2) is 9.18 Å². The molecule has 0 atom stereocenters. The van der Waals surface area contributed by atoms with E-state index in [-0.39, 0.29) is 11.3 Å². The van der Waals surface area contributed by atoms with Crippen LogP contribution in [-0.2, 0) is 0 Å². The Morgan fingerprint density at radius 3 is 2.57 bits per heavy atom. The Morgan fingerprint density at radius 1 is 1.24 bits per heavy atom. The van der Waals surface area contributed by atoms with Crippen molar-refractivity contribution in [2.24, 2.45) is 0 Å². The summed E-state index contributed by atoms with van der Waals surface area (Å²) >= 11 is 0. The number of carboxylic acids is 1. The van der Waals surface area contributed by atoms with Gasteiger partial charge in [0.25, 0.3) is 0 Å². The van der Waals surface area contributed by atoms with E-state index in [0.29, 0.717) is 6.07 Å². The second-order valence-electron chi connectivity index (χ2n) is 3.90. The van der Waals surface area contributed by atoms with Gasteiger partial charge in [0.15, 0.2) is 5.82 Å². The quantitative estimate of drug-likeness (QED) is 0.690. The van der Waals surface area contributed by atoms with Gasteiger partial charge >= 0.3 is 11.7 Å². The maximum Gasteiger partial charge on any atom is 0.335 e. The molecule has 0 saturated heterocycles. The molecule has 0 spiro atoms. The van der Waals surface area contributed by atoms with E-state index in [9.17, 15) is 23.7 Å². The molecule has 2 aromatic carbocycles. The molecule has 8 heteroatoms. The average Bonchev–Trinajstić information content (AvgIpc) is 2.44. The van der Waals surface area contributed by atoms with Crippen LogP contribution >= 0.6 is 0 Å². The van der Waals surface area contributed by atoms with Gasteiger partial charge in [-0.05, 0) is 24.3 Å². The lowest BCUT2D eigenvalue weighted by Crippen LogP contribution is -2.00. The minimum absolute atomic E-state index is 0.160. The summed E-state index contributed by atoms with van der Waals surface area (Å²) in [6, 6.07) is 6.23. The highest BCUT2D eigenvalue weighted by atomic mass is 19.2. The van der Waals surface area contributed by atoms with Gasteiger partial charge in [-0.3, -0.25) is 10.1 Å². The molecule has 0 aliphatic heterocycles. The normalized spacial score (nSPS) is 10.2. The number of nitro groups is 1. The molecule has 0 radical (unpaired) electrons. The highest BCUT2D eigenvalue weighted by Crippen LogP contribution is 2.35. The highest BCUT2D eigenvalue weighted by Gasteiger charge is 2.24. The van der Waals surface area contributed by atoms with E-state index in [2.05, 4.69) is 0 Å². The Labute approximate surface area is 116 Å². The van der Waals surface area contributed by atoms with Crippen LogP contribution in [0.5, 0.6) is 11.5 Å². The molecule has 0 unspecified atom stereocenters. The smallest absolute Gasteiger partial charge is 0.335 e. The fourth-order valence-corrected chi connectivity index (χ4v) is 1.57. The van der Waals surface area contributed by atoms with Crippen molar-refractivity contribution in [1.29, 1.82) is 0 Å². The lowest BCUT2D eigenvalue weighted by atomic mass is 10.2. The first kappa shape index (κ1) is 14.4. The Balaban J connectivity index is 2.48. The van der Waals surface area contributed by atoms with Crippen molar-refractivity contribution >= 4 is 11.7 Å². The summed E-state index contributed by atoms with van der Waals surface area (Å²) in [7, 11) is 0. The fourth-order valence-electron chi connectivity index (χ4n) is 1.57. The molecule has 21 heavy (non-hydrogen) atoms. The first-order chi connectivity index (χ1) is 9.90. The van der Waals surface area contributed by atoms with E-state index in [0.717, 1.165) is 12.1 Å². The molecule has 0 fully saturated rings. The summed E-state index contributed by atoms with van der Waals surface area (Å²) in [6.07, 6.45) is 0. The summed E-state index contributed by atoms with van der Waals surface area (Å²) in [4.78, 5) is 20.7. The lowest BCUT2D eigenvalue weighted by Gasteiger charge is -2.08. The standard InChI is InChI=1S/C13H7F2NO5/c14-9-4-5-10(16(19)20)12(11(9)15)21-8-3-1-2-7(6-8)13(17)18/h1-6H,(H,17,18). The van der Waals surface area contributed by atoms with Crippen molar-refractivity contribution in [1.82, 2.24) is 0 Å². The second-order valence-corrected chi connectivity index (χ2v) is 3.90. The van der Waals surface area contributed by atoms with E-state index in [1.54, 1.807) is 0 Å². The molecular weight excluding hydrogens is 288 g/mol. The van der Waals surface area contributed by atoms with Crippen LogP contribution in [-0.4, -0.2) is 16.0 Å². The van der Waals surface area contributed by atoms with Crippen molar-refractivity contribution < 1.29 is 28.3 Å². The molecule has 0 aromatic heterocycles. The topological polar surface area (TPSA) is 89.7 Å². The molecule has 2 aromatic rings. The van der Waals surface area contributed by atoms with Gasteiger partial charge in [-0.1, -0.05) is 6.07 Å². The zero-order chi connectivity index (χ0) is 15.6. The predicted molar refractivity (Wildman–Crippen MR) is 66.5 cm³/mol. The number of hydrogen-bond acceptors (Lipinski definition) is 4. The van der Waals surface area contributed by atoms with Crippen LogP contribution < -0.4 is 4.74 Å². The van der Waals surface area contributed by atoms with Gasteiger partial charge in [-0.2, -0.15) is 4.39 Å². The monoisotopic (exact) mass is 295 g/mol. The number of benzene rings is 2. The summed E-state index contributed by atoms with van der Waals surface area (Å²) in [5.74, 6) is -5.17. The van der Waals surface area contributed by atoms with Crippen molar-refractivity contribution in [3.05, 3.63) is 63.7 Å². The number of halogens is 2. The molecule has 1 N–H and O–H groups in total. The van der Waals surface area contributed by atoms with Crippen LogP contribution in [0.25, 0.3) is 0 Å². The van der Waals surface area contributed by atoms with Crippen LogP contribution in [0.1, 0.15) is 10.4 Å². The number of aromatic carboxylic acids is 1. The molecular formula is C13H7F2NO5. The van der Waals surface area contributed by atoms with Crippen LogP contribution in [0.3, 0.4) is 0 Å². The fraction of sp³-hybridized carbons (Fsp3) is 0. The molecule has 108 valence electrons. The number of ether oxygens (including phenoxy) is 1. The van der Waals surface area contributed by atoms with E-state index < -0.39 is 34.0 Å². The third-order valence-electron chi connectivity index (χ3n) is 2.53. The lowest BCUT2D eigenvalue weighted by molar-refractivity contribution is -0.385. The van der Waals surface area contributed by atoms with E-state index in [1.165, 1.54) is 18.2 Å². The number of nitrogens with zero attached hydrogens (tertiary/aromatic N) is 1. The number of carbonyl (C=O) groups is 1. The van der Waals surface area contributed by atoms with Crippen molar-refractivity contribution in [3.8, 4) is 11.5 Å². The van der Waals surface area contributed by atoms with Gasteiger partial charge < -0.3 is 9.84 Å². The second kappa shape index (κ2) is 5.53. The van der Waals surface area contributed by atoms with Crippen LogP contribution in [0.2, 0.25) is 0 Å². The largest absolute Gasteiger partial charge is 0.478 e. The third-order valence-corrected chi connectivity index (χ3v) is 2.53. The van der Waals surface area contributed by atoms with Crippen LogP contribution in [0.15, 0.2) is 36.4 Å². The molecule has 0 heterocycles. The molecule has 0 aliphatic rings. The maximum absolute atomic E-state index is 13.6. The Bertz CT molecular complexity index is 732. The number of carboxylic acid groups (broad SMARTS) is 1. The first-order valence-corrected chi connectivity index (χ1v) is 5.53. The number of rotatable bonds is 4. The summed E-state index contributed by atoms with van der Waals surface area (Å²) in [6.45, 7) is 0. The maximum atomic E-state index is 13.6. The molecule has 0 amide bonds. The Morgan fingerprint density at radius 2 is 1.95 bits per heavy atom. The molecule has 6 nitrogen and oxygen atoms in total. The Kier molecular flexibility index (Phi) is 3.79. The minimum atomic E-state index is -1.52. The first-order valence-electron chi connectivity index (χ1n) is 5.53. The van der Waals surface area contributed by atoms with Crippen molar-refractivity contribution in [3.63, 3.8) is 0 Å². The van der Waals surface area contributed by atoms with Crippen molar-refractivity contribution in [2.45, 2.75) is 0 Å². The summed E-state index contributed by atoms with van der Waals surface area (Å²) in [5.41, 5.74) is -0.929. The highest BCUT2D eigenvalue weighted by molar-refractivity contribution is 5.88. The van der Waals surface area contributed by atoms with E-state index in [1.807, 2.05) is 0 Å². The minimum Gasteiger partial charge on any atom is -0.478 e. The van der Waals surface area contributed by atoms with Gasteiger partial charge in [0.05, 0.1) is 10.5 Å². The van der Waals surface area contributed by atoms with Gasteiger partial charge in [-0.15, -0.1) is 0 Å². The zero-order valence-electron chi connectivity index (χ0n) is 10.2. The zero-order valence-corrected chi connectivity index (χ0v) is 10.2. The third kappa shape index (κ3) is 2.94. The van der Waals surface area contributed by atoms with E-state index >= 15 is 0 Å². The number of hydrogen-bond donors (Lipinski definition) is 1. The van der Waals surface area contributed by atoms with Crippen LogP contribution in [0, 0.1) is 21.7 Å². The van der Waals surface area contributed by atoms with Gasteiger partial charge in [0.1, 0.15) is 5.75 Å². The predicted octanol–water partition coefficient (Wildman–Crippen LogP) is 3.36. The van der Waals surface area contributed by atoms with Gasteiger partial charge in [0, 0.05) is 6.07 Å². The molecule has 0 saturated carbocycles. The van der Waals surface area contributed by atoms with Gasteiger partial charge in [0.2, 0.25) is 11.6 Å².